The number of hydrogen-bond donors (Lipinski definition) is 2. The number of fused-ring (bicyclic) bond motifs is 1. The van der Waals surface area contributed by atoms with Crippen LogP contribution in [0.2, 0.25) is 0 Å². The third-order valence-electron chi connectivity index (χ3n) is 3.16. The molecule has 0 fully saturated rings. The number of aryl methyl sites for hydroxylation is 1. The summed E-state index contributed by atoms with van der Waals surface area (Å²) in [5.41, 5.74) is 6.20. The van der Waals surface area contributed by atoms with Gasteiger partial charge in [-0.3, -0.25) is 18.7 Å². The van der Waals surface area contributed by atoms with Crippen LogP contribution in [-0.4, -0.2) is 27.0 Å². The third-order valence-corrected chi connectivity index (χ3v) is 3.16. The number of para-hydroxylation sites is 2. The minimum absolute atomic E-state index is 0.155. The van der Waals surface area contributed by atoms with Gasteiger partial charge in [-0.05, 0) is 19.1 Å². The van der Waals surface area contributed by atoms with Crippen LogP contribution < -0.4 is 16.7 Å². The molecule has 1 aromatic carbocycles. The summed E-state index contributed by atoms with van der Waals surface area (Å²) in [5.74, 6) is -1.06. The molecule has 2 rings (SSSR count). The lowest BCUT2D eigenvalue weighted by molar-refractivity contribution is -0.127. The van der Waals surface area contributed by atoms with Gasteiger partial charge in [0.2, 0.25) is 11.8 Å². The van der Waals surface area contributed by atoms with Crippen molar-refractivity contribution in [2.75, 3.05) is 0 Å². The number of carbonyl (C=O) groups excluding carboxylic acids is 2. The maximum absolute atomic E-state index is 12.1. The number of benzene rings is 1. The molecule has 0 aliphatic heterocycles. The summed E-state index contributed by atoms with van der Waals surface area (Å²) < 4.78 is 2.83. The maximum atomic E-state index is 12.1. The zero-order chi connectivity index (χ0) is 14.9. The van der Waals surface area contributed by atoms with Crippen LogP contribution >= 0.6 is 0 Å². The summed E-state index contributed by atoms with van der Waals surface area (Å²) in [6, 6.07) is 6.41. The molecule has 1 heterocycles. The second-order valence-electron chi connectivity index (χ2n) is 4.61. The summed E-state index contributed by atoms with van der Waals surface area (Å²) in [5, 5.41) is 2.45. The van der Waals surface area contributed by atoms with Crippen LogP contribution in [-0.2, 0) is 23.2 Å². The van der Waals surface area contributed by atoms with Crippen LogP contribution in [0.4, 0.5) is 0 Å². The molecule has 0 aliphatic rings. The van der Waals surface area contributed by atoms with E-state index in [1.165, 1.54) is 16.1 Å². The molecule has 7 nitrogen and oxygen atoms in total. The lowest BCUT2D eigenvalue weighted by Gasteiger charge is -2.10. The molecule has 1 atom stereocenters. The lowest BCUT2D eigenvalue weighted by Crippen LogP contribution is -2.44. The van der Waals surface area contributed by atoms with Gasteiger partial charge in [-0.2, -0.15) is 0 Å². The summed E-state index contributed by atoms with van der Waals surface area (Å²) in [6.07, 6.45) is 0. The summed E-state index contributed by atoms with van der Waals surface area (Å²) in [6.45, 7) is 1.34. The Morgan fingerprint density at radius 2 is 1.90 bits per heavy atom. The molecule has 0 aliphatic carbocycles. The summed E-state index contributed by atoms with van der Waals surface area (Å²) in [4.78, 5) is 34.8. The topological polar surface area (TPSA) is 99.1 Å². The zero-order valence-corrected chi connectivity index (χ0v) is 11.3. The number of nitrogens with zero attached hydrogens (tertiary/aromatic N) is 2. The van der Waals surface area contributed by atoms with Gasteiger partial charge < -0.3 is 11.1 Å². The SMILES string of the molecule is CC(NC(=O)Cn1c(=O)n(C)c2ccccc21)C(N)=O. The molecule has 1 unspecified atom stereocenters. The first-order valence-electron chi connectivity index (χ1n) is 6.14. The number of imidazole rings is 1. The van der Waals surface area contributed by atoms with Crippen molar-refractivity contribution in [3.8, 4) is 0 Å². The molecular weight excluding hydrogens is 260 g/mol. The van der Waals surface area contributed by atoms with Crippen molar-refractivity contribution >= 4 is 22.8 Å². The standard InChI is InChI=1S/C13H16N4O3/c1-8(12(14)19)15-11(18)7-17-10-6-4-3-5-9(10)16(2)13(17)20/h3-6,8H,7H2,1-2H3,(H2,14,19)(H,15,18). The van der Waals surface area contributed by atoms with Crippen LogP contribution in [0, 0.1) is 0 Å². The minimum Gasteiger partial charge on any atom is -0.368 e. The van der Waals surface area contributed by atoms with Gasteiger partial charge in [0.05, 0.1) is 11.0 Å². The highest BCUT2D eigenvalue weighted by molar-refractivity contribution is 5.87. The summed E-state index contributed by atoms with van der Waals surface area (Å²) >= 11 is 0. The number of primary amides is 1. The molecule has 3 N–H and O–H groups in total. The minimum atomic E-state index is -0.770. The van der Waals surface area contributed by atoms with Crippen LogP contribution in [0.1, 0.15) is 6.92 Å². The van der Waals surface area contributed by atoms with Crippen molar-refractivity contribution in [1.29, 1.82) is 0 Å². The van der Waals surface area contributed by atoms with E-state index in [2.05, 4.69) is 5.32 Å². The fourth-order valence-corrected chi connectivity index (χ4v) is 2.02. The second kappa shape index (κ2) is 5.20. The Balaban J connectivity index is 2.31. The van der Waals surface area contributed by atoms with Gasteiger partial charge in [0.15, 0.2) is 0 Å². The van der Waals surface area contributed by atoms with Crippen molar-refractivity contribution in [2.45, 2.75) is 19.5 Å². The maximum Gasteiger partial charge on any atom is 0.329 e. The highest BCUT2D eigenvalue weighted by Crippen LogP contribution is 2.11. The normalized spacial score (nSPS) is 12.3. The molecule has 7 heteroatoms. The fraction of sp³-hybridized carbons (Fsp3) is 0.308. The first kappa shape index (κ1) is 13.9. The second-order valence-corrected chi connectivity index (χ2v) is 4.61. The number of nitrogens with one attached hydrogen (secondary N) is 1. The molecule has 0 saturated carbocycles. The third kappa shape index (κ3) is 2.42. The van der Waals surface area contributed by atoms with Gasteiger partial charge >= 0.3 is 5.69 Å². The number of nitrogens with two attached hydrogens (primary N) is 1. The molecule has 106 valence electrons. The van der Waals surface area contributed by atoms with E-state index in [0.717, 1.165) is 5.52 Å². The number of rotatable bonds is 4. The molecule has 0 spiro atoms. The quantitative estimate of drug-likeness (QED) is 0.774. The smallest absolute Gasteiger partial charge is 0.329 e. The van der Waals surface area contributed by atoms with Crippen LogP contribution in [0.25, 0.3) is 11.0 Å². The van der Waals surface area contributed by atoms with Crippen molar-refractivity contribution in [1.82, 2.24) is 14.5 Å². The predicted molar refractivity (Wildman–Crippen MR) is 74.0 cm³/mol. The van der Waals surface area contributed by atoms with Gasteiger partial charge in [0, 0.05) is 7.05 Å². The number of carbonyl (C=O) groups is 2. The molecular formula is C13H16N4O3. The average Bonchev–Trinajstić information content (AvgIpc) is 2.64. The molecule has 2 amide bonds. The Hall–Kier alpha value is -2.57. The van der Waals surface area contributed by atoms with Gasteiger partial charge in [-0.15, -0.1) is 0 Å². The van der Waals surface area contributed by atoms with Gasteiger partial charge in [-0.1, -0.05) is 12.1 Å². The molecule has 20 heavy (non-hydrogen) atoms. The van der Waals surface area contributed by atoms with Gasteiger partial charge in [-0.25, -0.2) is 4.79 Å². The van der Waals surface area contributed by atoms with E-state index in [9.17, 15) is 14.4 Å². The molecule has 2 aromatic rings. The Labute approximate surface area is 115 Å². The van der Waals surface area contributed by atoms with Crippen molar-refractivity contribution in [2.24, 2.45) is 12.8 Å². The molecule has 1 aromatic heterocycles. The highest BCUT2D eigenvalue weighted by Gasteiger charge is 2.16. The van der Waals surface area contributed by atoms with Crippen LogP contribution in [0.3, 0.4) is 0 Å². The summed E-state index contributed by atoms with van der Waals surface area (Å²) in [7, 11) is 1.64. The first-order valence-corrected chi connectivity index (χ1v) is 6.14. The number of amides is 2. The van der Waals surface area contributed by atoms with Gasteiger partial charge in [0.1, 0.15) is 12.6 Å². The van der Waals surface area contributed by atoms with Crippen molar-refractivity contribution < 1.29 is 9.59 Å². The lowest BCUT2D eigenvalue weighted by atomic mass is 10.3. The molecule has 0 saturated heterocycles. The van der Waals surface area contributed by atoms with E-state index >= 15 is 0 Å². The first-order chi connectivity index (χ1) is 9.41. The van der Waals surface area contributed by atoms with Gasteiger partial charge in [0.25, 0.3) is 0 Å². The Morgan fingerprint density at radius 3 is 2.50 bits per heavy atom. The van der Waals surface area contributed by atoms with E-state index in [0.29, 0.717) is 5.52 Å². The van der Waals surface area contributed by atoms with Crippen molar-refractivity contribution in [3.63, 3.8) is 0 Å². The zero-order valence-electron chi connectivity index (χ0n) is 11.3. The van der Waals surface area contributed by atoms with E-state index in [4.69, 9.17) is 5.73 Å². The van der Waals surface area contributed by atoms with E-state index in [1.807, 2.05) is 6.07 Å². The van der Waals surface area contributed by atoms with E-state index in [1.54, 1.807) is 25.2 Å². The predicted octanol–water partition coefficient (Wildman–Crippen LogP) is -0.670. The number of hydrogen-bond acceptors (Lipinski definition) is 3. The van der Waals surface area contributed by atoms with E-state index in [-0.39, 0.29) is 12.2 Å². The highest BCUT2D eigenvalue weighted by atomic mass is 16.2. The largest absolute Gasteiger partial charge is 0.368 e. The Bertz CT molecular complexity index is 729. The monoisotopic (exact) mass is 276 g/mol. The van der Waals surface area contributed by atoms with Crippen molar-refractivity contribution in [3.05, 3.63) is 34.7 Å². The average molecular weight is 276 g/mol. The Morgan fingerprint density at radius 1 is 1.30 bits per heavy atom. The van der Waals surface area contributed by atoms with E-state index < -0.39 is 17.9 Å². The van der Waals surface area contributed by atoms with Crippen LogP contribution in [0.5, 0.6) is 0 Å². The van der Waals surface area contributed by atoms with Crippen LogP contribution in [0.15, 0.2) is 29.1 Å². The Kier molecular flexibility index (Phi) is 3.60. The molecule has 0 bridgehead atoms. The fourth-order valence-electron chi connectivity index (χ4n) is 2.02. The number of aromatic nitrogens is 2. The molecule has 0 radical (unpaired) electrons.